The van der Waals surface area contributed by atoms with Crippen molar-refractivity contribution >= 4 is 17.3 Å². The van der Waals surface area contributed by atoms with E-state index in [2.05, 4.69) is 17.0 Å². The van der Waals surface area contributed by atoms with Gasteiger partial charge in [0.2, 0.25) is 0 Å². The van der Waals surface area contributed by atoms with Crippen molar-refractivity contribution in [2.45, 2.75) is 39.2 Å². The molecule has 1 aromatic rings. The first-order valence-corrected chi connectivity index (χ1v) is 6.49. The van der Waals surface area contributed by atoms with Crippen molar-refractivity contribution in [3.63, 3.8) is 0 Å². The predicted octanol–water partition coefficient (Wildman–Crippen LogP) is 4.93. The molecule has 0 aliphatic carbocycles. The van der Waals surface area contributed by atoms with Gasteiger partial charge in [-0.15, -0.1) is 0 Å². The molecule has 0 aliphatic heterocycles. The van der Waals surface area contributed by atoms with Crippen LogP contribution in [0.3, 0.4) is 0 Å². The SMILES string of the molecule is CCCCCCNc1ccc(OC(F)F)c(Cl)c1. The summed E-state index contributed by atoms with van der Waals surface area (Å²) in [6.07, 6.45) is 4.69. The monoisotopic (exact) mass is 277 g/mol. The Hall–Kier alpha value is -1.03. The van der Waals surface area contributed by atoms with E-state index >= 15 is 0 Å². The van der Waals surface area contributed by atoms with E-state index in [0.29, 0.717) is 0 Å². The predicted molar refractivity (Wildman–Crippen MR) is 70.7 cm³/mol. The maximum Gasteiger partial charge on any atom is 0.387 e. The van der Waals surface area contributed by atoms with Crippen LogP contribution in [0, 0.1) is 0 Å². The Labute approximate surface area is 111 Å². The fourth-order valence-electron chi connectivity index (χ4n) is 1.59. The van der Waals surface area contributed by atoms with E-state index in [9.17, 15) is 8.78 Å². The summed E-state index contributed by atoms with van der Waals surface area (Å²) in [5, 5.41) is 3.39. The van der Waals surface area contributed by atoms with Crippen LogP contribution in [0.2, 0.25) is 5.02 Å². The first-order valence-electron chi connectivity index (χ1n) is 6.11. The van der Waals surface area contributed by atoms with E-state index in [1.54, 1.807) is 12.1 Å². The van der Waals surface area contributed by atoms with Crippen molar-refractivity contribution in [1.29, 1.82) is 0 Å². The number of hydrogen-bond acceptors (Lipinski definition) is 2. The summed E-state index contributed by atoms with van der Waals surface area (Å²) in [6.45, 7) is 0.163. The van der Waals surface area contributed by atoms with E-state index in [1.807, 2.05) is 0 Å². The molecule has 102 valence electrons. The van der Waals surface area contributed by atoms with Crippen LogP contribution in [0.1, 0.15) is 32.6 Å². The molecule has 0 bridgehead atoms. The van der Waals surface area contributed by atoms with Crippen molar-refractivity contribution in [3.8, 4) is 5.75 Å². The molecular weight excluding hydrogens is 260 g/mol. The minimum absolute atomic E-state index is 0.00296. The summed E-state index contributed by atoms with van der Waals surface area (Å²) in [7, 11) is 0. The number of alkyl halides is 2. The van der Waals surface area contributed by atoms with Crippen molar-refractivity contribution < 1.29 is 13.5 Å². The average Bonchev–Trinajstić information content (AvgIpc) is 2.32. The Morgan fingerprint density at radius 3 is 2.67 bits per heavy atom. The lowest BCUT2D eigenvalue weighted by Gasteiger charge is -2.10. The van der Waals surface area contributed by atoms with Gasteiger partial charge < -0.3 is 10.1 Å². The average molecular weight is 278 g/mol. The number of nitrogens with one attached hydrogen (secondary N) is 1. The highest BCUT2D eigenvalue weighted by molar-refractivity contribution is 6.32. The molecule has 1 N–H and O–H groups in total. The van der Waals surface area contributed by atoms with Crippen LogP contribution in [0.25, 0.3) is 0 Å². The number of rotatable bonds is 8. The van der Waals surface area contributed by atoms with E-state index in [1.165, 1.54) is 25.3 Å². The van der Waals surface area contributed by atoms with Gasteiger partial charge in [-0.3, -0.25) is 0 Å². The Bertz CT molecular complexity index is 361. The first kappa shape index (κ1) is 15.0. The third-order valence-electron chi connectivity index (χ3n) is 2.51. The van der Waals surface area contributed by atoms with Gasteiger partial charge in [0.05, 0.1) is 5.02 Å². The topological polar surface area (TPSA) is 21.3 Å². The van der Waals surface area contributed by atoms with Gasteiger partial charge in [-0.1, -0.05) is 37.8 Å². The van der Waals surface area contributed by atoms with Gasteiger partial charge in [0.25, 0.3) is 0 Å². The highest BCUT2D eigenvalue weighted by atomic mass is 35.5. The highest BCUT2D eigenvalue weighted by Gasteiger charge is 2.08. The largest absolute Gasteiger partial charge is 0.433 e. The van der Waals surface area contributed by atoms with Crippen molar-refractivity contribution in [1.82, 2.24) is 0 Å². The van der Waals surface area contributed by atoms with Crippen molar-refractivity contribution in [2.24, 2.45) is 0 Å². The van der Waals surface area contributed by atoms with Crippen LogP contribution in [0.5, 0.6) is 5.75 Å². The maximum absolute atomic E-state index is 12.0. The number of benzene rings is 1. The van der Waals surface area contributed by atoms with Crippen LogP contribution in [-0.4, -0.2) is 13.2 Å². The molecule has 0 spiro atoms. The van der Waals surface area contributed by atoms with E-state index < -0.39 is 6.61 Å². The van der Waals surface area contributed by atoms with Crippen molar-refractivity contribution in [3.05, 3.63) is 23.2 Å². The molecule has 1 aromatic carbocycles. The number of unbranched alkanes of at least 4 members (excludes halogenated alkanes) is 3. The second-order valence-corrected chi connectivity index (χ2v) is 4.42. The van der Waals surface area contributed by atoms with Gasteiger partial charge in [-0.2, -0.15) is 8.78 Å². The van der Waals surface area contributed by atoms with Crippen LogP contribution >= 0.6 is 11.6 Å². The maximum atomic E-state index is 12.0. The molecule has 0 saturated carbocycles. The van der Waals surface area contributed by atoms with E-state index in [0.717, 1.165) is 18.7 Å². The Morgan fingerprint density at radius 1 is 1.28 bits per heavy atom. The van der Waals surface area contributed by atoms with Crippen LogP contribution < -0.4 is 10.1 Å². The molecule has 18 heavy (non-hydrogen) atoms. The van der Waals surface area contributed by atoms with Crippen LogP contribution in [0.4, 0.5) is 14.5 Å². The Morgan fingerprint density at radius 2 is 2.06 bits per heavy atom. The molecule has 0 atom stereocenters. The van der Waals surface area contributed by atoms with Crippen LogP contribution in [0.15, 0.2) is 18.2 Å². The van der Waals surface area contributed by atoms with Gasteiger partial charge in [-0.05, 0) is 24.6 Å². The number of hydrogen-bond donors (Lipinski definition) is 1. The zero-order chi connectivity index (χ0) is 13.4. The van der Waals surface area contributed by atoms with Gasteiger partial charge in [0, 0.05) is 12.2 Å². The van der Waals surface area contributed by atoms with Gasteiger partial charge in [0.15, 0.2) is 0 Å². The van der Waals surface area contributed by atoms with Gasteiger partial charge in [-0.25, -0.2) is 0 Å². The summed E-state index contributed by atoms with van der Waals surface area (Å²) in [4.78, 5) is 0. The zero-order valence-corrected chi connectivity index (χ0v) is 11.1. The molecule has 0 fully saturated rings. The molecule has 0 heterocycles. The molecule has 0 unspecified atom stereocenters. The number of halogens is 3. The smallest absolute Gasteiger partial charge is 0.387 e. The molecule has 0 aromatic heterocycles. The van der Waals surface area contributed by atoms with Gasteiger partial charge >= 0.3 is 6.61 Å². The molecular formula is C13H18ClF2NO. The molecule has 0 saturated heterocycles. The Kier molecular flexibility index (Phi) is 6.80. The quantitative estimate of drug-likeness (QED) is 0.680. The number of ether oxygens (including phenoxy) is 1. The normalized spacial score (nSPS) is 10.7. The van der Waals surface area contributed by atoms with Gasteiger partial charge in [0.1, 0.15) is 5.75 Å². The minimum Gasteiger partial charge on any atom is -0.433 e. The summed E-state index contributed by atoms with van der Waals surface area (Å²) in [5.41, 5.74) is 0.818. The second kappa shape index (κ2) is 8.14. The van der Waals surface area contributed by atoms with E-state index in [4.69, 9.17) is 11.6 Å². The summed E-state index contributed by atoms with van der Waals surface area (Å²) in [6, 6.07) is 4.73. The van der Waals surface area contributed by atoms with Crippen molar-refractivity contribution in [2.75, 3.05) is 11.9 Å². The lowest BCUT2D eigenvalue weighted by Crippen LogP contribution is -2.04. The molecule has 0 radical (unpaired) electrons. The standard InChI is InChI=1S/C13H18ClF2NO/c1-2-3-4-5-8-17-10-6-7-12(11(14)9-10)18-13(15)16/h6-7,9,13,17H,2-5,8H2,1H3. The van der Waals surface area contributed by atoms with Crippen LogP contribution in [-0.2, 0) is 0 Å². The molecule has 1 rings (SSSR count). The molecule has 2 nitrogen and oxygen atoms in total. The Balaban J connectivity index is 2.41. The van der Waals surface area contributed by atoms with E-state index in [-0.39, 0.29) is 10.8 Å². The summed E-state index contributed by atoms with van der Waals surface area (Å²) >= 11 is 5.84. The molecule has 5 heteroatoms. The fourth-order valence-corrected chi connectivity index (χ4v) is 1.81. The molecule has 0 aliphatic rings. The summed E-state index contributed by atoms with van der Waals surface area (Å²) < 4.78 is 28.3. The zero-order valence-electron chi connectivity index (χ0n) is 10.4. The minimum atomic E-state index is -2.85. The highest BCUT2D eigenvalue weighted by Crippen LogP contribution is 2.28. The molecule has 0 amide bonds. The first-order chi connectivity index (χ1) is 8.63. The lowest BCUT2D eigenvalue weighted by molar-refractivity contribution is -0.0497. The lowest BCUT2D eigenvalue weighted by atomic mass is 10.2. The summed E-state index contributed by atoms with van der Waals surface area (Å²) in [5.74, 6) is 0.00296. The fraction of sp³-hybridized carbons (Fsp3) is 0.538. The third kappa shape index (κ3) is 5.54. The second-order valence-electron chi connectivity index (χ2n) is 4.01. The third-order valence-corrected chi connectivity index (χ3v) is 2.80. The number of anilines is 1.